The fraction of sp³-hybridized carbons (Fsp3) is 0.682. The van der Waals surface area contributed by atoms with Crippen LogP contribution in [0.4, 0.5) is 0 Å². The standard InChI is InChI=1S/C22H33ClN2O4/c23-21-17-20(3-2-19(21)16-22(26)25-9-14-28-15-10-25)29-12-1-11-27-13-6-18-4-7-24-8-5-18/h2-3,17-18,24H,1,4-16H2. The number of nitrogens with zero attached hydrogens (tertiary/aromatic N) is 1. The Morgan fingerprint density at radius 2 is 1.97 bits per heavy atom. The second-order valence-corrected chi connectivity index (χ2v) is 8.13. The molecule has 0 unspecified atom stereocenters. The van der Waals surface area contributed by atoms with Crippen molar-refractivity contribution in [3.63, 3.8) is 0 Å². The van der Waals surface area contributed by atoms with Crippen molar-refractivity contribution in [1.82, 2.24) is 10.2 Å². The predicted molar refractivity (Wildman–Crippen MR) is 114 cm³/mol. The molecule has 0 radical (unpaired) electrons. The van der Waals surface area contributed by atoms with E-state index in [1.54, 1.807) is 6.07 Å². The summed E-state index contributed by atoms with van der Waals surface area (Å²) in [6.07, 6.45) is 4.84. The average molecular weight is 425 g/mol. The number of amides is 1. The number of carbonyl (C=O) groups is 1. The molecule has 1 aromatic carbocycles. The number of benzene rings is 1. The van der Waals surface area contributed by atoms with E-state index in [1.807, 2.05) is 17.0 Å². The van der Waals surface area contributed by atoms with Crippen molar-refractivity contribution < 1.29 is 19.0 Å². The molecule has 29 heavy (non-hydrogen) atoms. The van der Waals surface area contributed by atoms with Gasteiger partial charge in [0.05, 0.1) is 26.2 Å². The van der Waals surface area contributed by atoms with E-state index in [1.165, 1.54) is 12.8 Å². The molecule has 162 valence electrons. The smallest absolute Gasteiger partial charge is 0.227 e. The molecule has 7 heteroatoms. The van der Waals surface area contributed by atoms with Crippen LogP contribution in [-0.4, -0.2) is 70.0 Å². The Morgan fingerprint density at radius 3 is 2.72 bits per heavy atom. The maximum Gasteiger partial charge on any atom is 0.227 e. The van der Waals surface area contributed by atoms with Gasteiger partial charge in [-0.15, -0.1) is 0 Å². The van der Waals surface area contributed by atoms with Gasteiger partial charge in [0.1, 0.15) is 5.75 Å². The maximum atomic E-state index is 12.4. The van der Waals surface area contributed by atoms with E-state index in [-0.39, 0.29) is 5.91 Å². The summed E-state index contributed by atoms with van der Waals surface area (Å²) in [5.74, 6) is 1.63. The molecule has 2 fully saturated rings. The Morgan fingerprint density at radius 1 is 1.17 bits per heavy atom. The number of rotatable bonds is 10. The predicted octanol–water partition coefficient (Wildman–Crippen LogP) is 2.92. The first-order valence-electron chi connectivity index (χ1n) is 10.8. The van der Waals surface area contributed by atoms with Gasteiger partial charge in [-0.25, -0.2) is 0 Å². The Balaban J connectivity index is 1.30. The molecule has 0 aliphatic carbocycles. The van der Waals surface area contributed by atoms with Crippen LogP contribution >= 0.6 is 11.6 Å². The number of piperidine rings is 1. The first-order chi connectivity index (χ1) is 14.2. The van der Waals surface area contributed by atoms with Crippen LogP contribution in [0.2, 0.25) is 5.02 Å². The van der Waals surface area contributed by atoms with Crippen LogP contribution in [-0.2, 0) is 20.7 Å². The van der Waals surface area contributed by atoms with Gasteiger partial charge >= 0.3 is 0 Å². The lowest BCUT2D eigenvalue weighted by Crippen LogP contribution is -2.41. The molecule has 0 spiro atoms. The molecule has 0 saturated carbocycles. The van der Waals surface area contributed by atoms with E-state index >= 15 is 0 Å². The van der Waals surface area contributed by atoms with Gasteiger partial charge in [-0.2, -0.15) is 0 Å². The molecule has 2 heterocycles. The van der Waals surface area contributed by atoms with Crippen molar-refractivity contribution in [3.8, 4) is 5.75 Å². The molecule has 0 aromatic heterocycles. The third-order valence-electron chi connectivity index (χ3n) is 5.56. The highest BCUT2D eigenvalue weighted by Gasteiger charge is 2.18. The minimum atomic E-state index is 0.0884. The summed E-state index contributed by atoms with van der Waals surface area (Å²) < 4.78 is 16.8. The zero-order valence-electron chi connectivity index (χ0n) is 17.2. The maximum absolute atomic E-state index is 12.4. The van der Waals surface area contributed by atoms with Crippen LogP contribution in [0.25, 0.3) is 0 Å². The molecule has 0 atom stereocenters. The highest BCUT2D eigenvalue weighted by Crippen LogP contribution is 2.24. The average Bonchev–Trinajstić information content (AvgIpc) is 2.76. The lowest BCUT2D eigenvalue weighted by atomic mass is 9.95. The first kappa shape index (κ1) is 22.3. The van der Waals surface area contributed by atoms with E-state index in [2.05, 4.69) is 5.32 Å². The zero-order valence-corrected chi connectivity index (χ0v) is 17.9. The van der Waals surface area contributed by atoms with Gasteiger partial charge in [-0.05, 0) is 56.0 Å². The second-order valence-electron chi connectivity index (χ2n) is 7.72. The third-order valence-corrected chi connectivity index (χ3v) is 5.91. The fourth-order valence-electron chi connectivity index (χ4n) is 3.72. The van der Waals surface area contributed by atoms with Gasteiger partial charge in [0.2, 0.25) is 5.91 Å². The molecule has 1 aromatic rings. The molecular formula is C22H33ClN2O4. The summed E-state index contributed by atoms with van der Waals surface area (Å²) in [7, 11) is 0. The van der Waals surface area contributed by atoms with Gasteiger partial charge in [0, 0.05) is 37.7 Å². The number of nitrogens with one attached hydrogen (secondary N) is 1. The third kappa shape index (κ3) is 7.78. The van der Waals surface area contributed by atoms with Crippen molar-refractivity contribution >= 4 is 17.5 Å². The number of carbonyl (C=O) groups excluding carboxylic acids is 1. The fourth-order valence-corrected chi connectivity index (χ4v) is 3.96. The topological polar surface area (TPSA) is 60.0 Å². The minimum absolute atomic E-state index is 0.0884. The van der Waals surface area contributed by atoms with Gasteiger partial charge in [-0.3, -0.25) is 4.79 Å². The van der Waals surface area contributed by atoms with Crippen LogP contribution in [0.1, 0.15) is 31.2 Å². The molecule has 1 amide bonds. The van der Waals surface area contributed by atoms with Crippen molar-refractivity contribution in [2.45, 2.75) is 32.1 Å². The quantitative estimate of drug-likeness (QED) is 0.585. The number of halogens is 1. The lowest BCUT2D eigenvalue weighted by Gasteiger charge is -2.27. The summed E-state index contributed by atoms with van der Waals surface area (Å²) in [6, 6.07) is 5.55. The van der Waals surface area contributed by atoms with Crippen LogP contribution < -0.4 is 10.1 Å². The number of ether oxygens (including phenoxy) is 3. The van der Waals surface area contributed by atoms with Gasteiger partial charge < -0.3 is 24.4 Å². The second kappa shape index (κ2) is 12.4. The summed E-state index contributed by atoms with van der Waals surface area (Å²) in [5.41, 5.74) is 0.830. The van der Waals surface area contributed by atoms with E-state index < -0.39 is 0 Å². The van der Waals surface area contributed by atoms with Crippen LogP contribution in [0.15, 0.2) is 18.2 Å². The molecule has 0 bridgehead atoms. The van der Waals surface area contributed by atoms with Crippen molar-refractivity contribution in [2.24, 2.45) is 5.92 Å². The van der Waals surface area contributed by atoms with Crippen LogP contribution in [0.3, 0.4) is 0 Å². The van der Waals surface area contributed by atoms with Gasteiger partial charge in [0.15, 0.2) is 0 Å². The minimum Gasteiger partial charge on any atom is -0.493 e. The SMILES string of the molecule is O=C(Cc1ccc(OCCCOCCC2CCNCC2)cc1Cl)N1CCOCC1. The number of hydrogen-bond donors (Lipinski definition) is 1. The van der Waals surface area contributed by atoms with Crippen molar-refractivity contribution in [1.29, 1.82) is 0 Å². The van der Waals surface area contributed by atoms with E-state index in [0.717, 1.165) is 49.8 Å². The van der Waals surface area contributed by atoms with Crippen molar-refractivity contribution in [2.75, 3.05) is 59.2 Å². The van der Waals surface area contributed by atoms with Gasteiger partial charge in [0.25, 0.3) is 0 Å². The number of hydrogen-bond acceptors (Lipinski definition) is 5. The zero-order chi connectivity index (χ0) is 20.3. The van der Waals surface area contributed by atoms with E-state index in [4.69, 9.17) is 25.8 Å². The highest BCUT2D eigenvalue weighted by molar-refractivity contribution is 6.31. The Labute approximate surface area is 178 Å². The van der Waals surface area contributed by atoms with E-state index in [0.29, 0.717) is 51.0 Å². The molecule has 2 aliphatic heterocycles. The molecule has 2 aliphatic rings. The summed E-state index contributed by atoms with van der Waals surface area (Å²) in [6.45, 7) is 6.93. The van der Waals surface area contributed by atoms with E-state index in [9.17, 15) is 4.79 Å². The molecular weight excluding hydrogens is 392 g/mol. The first-order valence-corrected chi connectivity index (χ1v) is 11.2. The van der Waals surface area contributed by atoms with Crippen LogP contribution in [0, 0.1) is 5.92 Å². The van der Waals surface area contributed by atoms with Crippen molar-refractivity contribution in [3.05, 3.63) is 28.8 Å². The Hall–Kier alpha value is -1.34. The normalized spacial score (nSPS) is 18.0. The number of morpholine rings is 1. The molecule has 6 nitrogen and oxygen atoms in total. The molecule has 1 N–H and O–H groups in total. The van der Waals surface area contributed by atoms with Crippen LogP contribution in [0.5, 0.6) is 5.75 Å². The summed E-state index contributed by atoms with van der Waals surface area (Å²) in [5, 5.41) is 3.96. The Bertz CT molecular complexity index is 631. The highest BCUT2D eigenvalue weighted by atomic mass is 35.5. The molecule has 3 rings (SSSR count). The van der Waals surface area contributed by atoms with Gasteiger partial charge in [-0.1, -0.05) is 17.7 Å². The monoisotopic (exact) mass is 424 g/mol. The summed E-state index contributed by atoms with van der Waals surface area (Å²) >= 11 is 6.36. The summed E-state index contributed by atoms with van der Waals surface area (Å²) in [4.78, 5) is 14.2. The Kier molecular flexibility index (Phi) is 9.54. The largest absolute Gasteiger partial charge is 0.493 e. The lowest BCUT2D eigenvalue weighted by molar-refractivity contribution is -0.134. The molecule has 2 saturated heterocycles.